The Kier molecular flexibility index (Phi) is 3.74. The molecule has 4 nitrogen and oxygen atoms in total. The van der Waals surface area contributed by atoms with Crippen LogP contribution in [0.4, 0.5) is 0 Å². The predicted octanol–water partition coefficient (Wildman–Crippen LogP) is 3.25. The molecule has 4 heteroatoms. The molecule has 110 valence electrons. The second-order valence-corrected chi connectivity index (χ2v) is 5.14. The molecule has 22 heavy (non-hydrogen) atoms. The molecule has 0 saturated heterocycles. The Balaban J connectivity index is 2.05. The molecular weight excluding hydrogens is 272 g/mol. The summed E-state index contributed by atoms with van der Waals surface area (Å²) in [4.78, 5) is 3.81. The van der Waals surface area contributed by atoms with E-state index in [0.29, 0.717) is 5.96 Å². The molecule has 0 heterocycles. The molecule has 0 saturated carbocycles. The fraction of sp³-hybridized carbons (Fsp3) is 0.111. The highest BCUT2D eigenvalue weighted by atomic mass is 15.4. The van der Waals surface area contributed by atoms with Gasteiger partial charge in [-0.1, -0.05) is 48.5 Å². The SMILES string of the molecule is CN=C(N)NN=C(C)c1ccc2c(ccc3ccccc32)c1. The first-order chi connectivity index (χ1) is 10.7. The summed E-state index contributed by atoms with van der Waals surface area (Å²) in [6.07, 6.45) is 0. The summed E-state index contributed by atoms with van der Waals surface area (Å²) >= 11 is 0. The summed E-state index contributed by atoms with van der Waals surface area (Å²) in [6.45, 7) is 1.94. The number of hydrogen-bond donors (Lipinski definition) is 2. The molecule has 0 aliphatic rings. The van der Waals surface area contributed by atoms with Crippen molar-refractivity contribution in [2.75, 3.05) is 7.05 Å². The number of fused-ring (bicyclic) bond motifs is 3. The van der Waals surface area contributed by atoms with E-state index < -0.39 is 0 Å². The fourth-order valence-electron chi connectivity index (χ4n) is 2.49. The molecule has 0 radical (unpaired) electrons. The largest absolute Gasteiger partial charge is 0.369 e. The average Bonchev–Trinajstić information content (AvgIpc) is 2.58. The van der Waals surface area contributed by atoms with Crippen LogP contribution in [-0.2, 0) is 0 Å². The van der Waals surface area contributed by atoms with Gasteiger partial charge in [0.15, 0.2) is 0 Å². The van der Waals surface area contributed by atoms with E-state index in [-0.39, 0.29) is 0 Å². The lowest BCUT2D eigenvalue weighted by molar-refractivity contribution is 0.997. The minimum atomic E-state index is 0.297. The van der Waals surface area contributed by atoms with Gasteiger partial charge in [0.2, 0.25) is 5.96 Å². The van der Waals surface area contributed by atoms with Crippen LogP contribution in [0.25, 0.3) is 21.5 Å². The van der Waals surface area contributed by atoms with E-state index in [1.807, 2.05) is 6.92 Å². The summed E-state index contributed by atoms with van der Waals surface area (Å²) in [6, 6.07) is 19.1. The van der Waals surface area contributed by atoms with Gasteiger partial charge in [-0.15, -0.1) is 0 Å². The minimum absolute atomic E-state index is 0.297. The van der Waals surface area contributed by atoms with Crippen LogP contribution in [0.1, 0.15) is 12.5 Å². The Hall–Kier alpha value is -2.88. The van der Waals surface area contributed by atoms with E-state index in [1.165, 1.54) is 21.5 Å². The van der Waals surface area contributed by atoms with Crippen molar-refractivity contribution in [2.24, 2.45) is 15.8 Å². The number of nitrogens with one attached hydrogen (secondary N) is 1. The van der Waals surface area contributed by atoms with E-state index in [0.717, 1.165) is 11.3 Å². The third-order valence-electron chi connectivity index (χ3n) is 3.74. The molecule has 0 fully saturated rings. The van der Waals surface area contributed by atoms with Gasteiger partial charge in [0.25, 0.3) is 0 Å². The van der Waals surface area contributed by atoms with Crippen molar-refractivity contribution >= 4 is 33.2 Å². The molecule has 3 N–H and O–H groups in total. The summed E-state index contributed by atoms with van der Waals surface area (Å²) in [7, 11) is 1.62. The van der Waals surface area contributed by atoms with E-state index in [9.17, 15) is 0 Å². The molecule has 0 amide bonds. The van der Waals surface area contributed by atoms with E-state index in [2.05, 4.69) is 70.1 Å². The predicted molar refractivity (Wildman–Crippen MR) is 94.3 cm³/mol. The summed E-state index contributed by atoms with van der Waals surface area (Å²) in [5.41, 5.74) is 10.2. The van der Waals surface area contributed by atoms with Crippen molar-refractivity contribution in [1.29, 1.82) is 0 Å². The summed E-state index contributed by atoms with van der Waals surface area (Å²) in [5, 5.41) is 9.21. The Morgan fingerprint density at radius 2 is 1.68 bits per heavy atom. The number of guanidine groups is 1. The van der Waals surface area contributed by atoms with Gasteiger partial charge in [-0.25, -0.2) is 5.43 Å². The quantitative estimate of drug-likeness (QED) is 0.329. The lowest BCUT2D eigenvalue weighted by Crippen LogP contribution is -2.27. The summed E-state index contributed by atoms with van der Waals surface area (Å²) in [5.74, 6) is 0.297. The zero-order valence-corrected chi connectivity index (χ0v) is 12.7. The van der Waals surface area contributed by atoms with Crippen molar-refractivity contribution in [3.63, 3.8) is 0 Å². The van der Waals surface area contributed by atoms with E-state index in [4.69, 9.17) is 5.73 Å². The van der Waals surface area contributed by atoms with E-state index >= 15 is 0 Å². The maximum absolute atomic E-state index is 5.58. The van der Waals surface area contributed by atoms with Crippen molar-refractivity contribution in [1.82, 2.24) is 5.43 Å². The van der Waals surface area contributed by atoms with Gasteiger partial charge in [-0.2, -0.15) is 5.10 Å². The number of hydrazone groups is 1. The second-order valence-electron chi connectivity index (χ2n) is 5.14. The highest BCUT2D eigenvalue weighted by molar-refractivity contribution is 6.10. The van der Waals surface area contributed by atoms with Gasteiger partial charge in [0.1, 0.15) is 0 Å². The maximum Gasteiger partial charge on any atom is 0.209 e. The van der Waals surface area contributed by atoms with Gasteiger partial charge in [-0.3, -0.25) is 4.99 Å². The Morgan fingerprint density at radius 3 is 2.50 bits per heavy atom. The normalized spacial score (nSPS) is 12.8. The molecule has 0 aromatic heterocycles. The van der Waals surface area contributed by atoms with Crippen LogP contribution in [0.2, 0.25) is 0 Å². The van der Waals surface area contributed by atoms with Crippen LogP contribution in [0, 0.1) is 0 Å². The van der Waals surface area contributed by atoms with E-state index in [1.54, 1.807) is 7.05 Å². The molecule has 3 aromatic rings. The zero-order valence-electron chi connectivity index (χ0n) is 12.7. The monoisotopic (exact) mass is 290 g/mol. The molecule has 0 aliphatic heterocycles. The first kappa shape index (κ1) is 14.1. The number of nitrogens with two attached hydrogens (primary N) is 1. The van der Waals surface area contributed by atoms with Crippen LogP contribution in [0.3, 0.4) is 0 Å². The van der Waals surface area contributed by atoms with Gasteiger partial charge in [0, 0.05) is 7.05 Å². The van der Waals surface area contributed by atoms with Crippen molar-refractivity contribution < 1.29 is 0 Å². The number of rotatable bonds is 2. The Bertz CT molecular complexity index is 894. The maximum atomic E-state index is 5.58. The Labute approximate surface area is 129 Å². The fourth-order valence-corrected chi connectivity index (χ4v) is 2.49. The molecule has 0 unspecified atom stereocenters. The molecule has 0 spiro atoms. The number of nitrogens with zero attached hydrogens (tertiary/aromatic N) is 2. The molecule has 0 aliphatic carbocycles. The number of hydrogen-bond acceptors (Lipinski definition) is 2. The van der Waals surface area contributed by atoms with Crippen LogP contribution < -0.4 is 11.2 Å². The minimum Gasteiger partial charge on any atom is -0.369 e. The molecule has 3 rings (SSSR count). The highest BCUT2D eigenvalue weighted by Gasteiger charge is 2.03. The molecule has 3 aromatic carbocycles. The van der Waals surface area contributed by atoms with Gasteiger partial charge in [0.05, 0.1) is 5.71 Å². The zero-order chi connectivity index (χ0) is 15.5. The van der Waals surface area contributed by atoms with Crippen molar-refractivity contribution in [3.8, 4) is 0 Å². The van der Waals surface area contributed by atoms with Crippen LogP contribution in [-0.4, -0.2) is 18.7 Å². The van der Waals surface area contributed by atoms with Crippen LogP contribution in [0.15, 0.2) is 64.7 Å². The highest BCUT2D eigenvalue weighted by Crippen LogP contribution is 2.26. The molecule has 0 bridgehead atoms. The van der Waals surface area contributed by atoms with Crippen molar-refractivity contribution in [2.45, 2.75) is 6.92 Å². The van der Waals surface area contributed by atoms with Gasteiger partial charge in [-0.05, 0) is 40.1 Å². The lowest BCUT2D eigenvalue weighted by atomic mass is 9.99. The van der Waals surface area contributed by atoms with Crippen LogP contribution in [0.5, 0.6) is 0 Å². The molecule has 0 atom stereocenters. The smallest absolute Gasteiger partial charge is 0.209 e. The lowest BCUT2D eigenvalue weighted by Gasteiger charge is -2.07. The average molecular weight is 290 g/mol. The number of benzene rings is 3. The Morgan fingerprint density at radius 1 is 0.955 bits per heavy atom. The second kappa shape index (κ2) is 5.85. The number of aliphatic imine (C=N–C) groups is 1. The first-order valence-corrected chi connectivity index (χ1v) is 7.13. The van der Waals surface area contributed by atoms with Gasteiger partial charge >= 0.3 is 0 Å². The van der Waals surface area contributed by atoms with Gasteiger partial charge < -0.3 is 5.73 Å². The summed E-state index contributed by atoms with van der Waals surface area (Å²) < 4.78 is 0. The standard InChI is InChI=1S/C18H18N4/c1-12(21-22-18(19)20-2)14-9-10-17-15(11-14)8-7-13-5-3-4-6-16(13)17/h3-11H,1-2H3,(H3,19,20,22). The topological polar surface area (TPSA) is 62.8 Å². The van der Waals surface area contributed by atoms with Crippen molar-refractivity contribution in [3.05, 3.63) is 60.2 Å². The molecular formula is C18H18N4. The van der Waals surface area contributed by atoms with Crippen LogP contribution >= 0.6 is 0 Å². The third-order valence-corrected chi connectivity index (χ3v) is 3.74. The first-order valence-electron chi connectivity index (χ1n) is 7.13. The third kappa shape index (κ3) is 2.63.